The van der Waals surface area contributed by atoms with Crippen molar-refractivity contribution in [3.63, 3.8) is 0 Å². The molecule has 0 atom stereocenters. The topological polar surface area (TPSA) is 48.5 Å². The van der Waals surface area contributed by atoms with E-state index in [4.69, 9.17) is 15.0 Å². The maximum Gasteiger partial charge on any atom is 0.0792 e. The maximum absolute atomic E-state index is 4.77. The monoisotopic (exact) mass is 971 g/mol. The summed E-state index contributed by atoms with van der Waals surface area (Å²) in [5, 5.41) is 7.22. The lowest BCUT2D eigenvalue weighted by Gasteiger charge is -2.12. The van der Waals surface area contributed by atoms with Crippen LogP contribution in [0.15, 0.2) is 249 Å². The Hall–Kier alpha value is -9.93. The lowest BCUT2D eigenvalue weighted by molar-refractivity contribution is 1.18. The van der Waals surface area contributed by atoms with Crippen molar-refractivity contribution in [1.29, 1.82) is 0 Å². The summed E-state index contributed by atoms with van der Waals surface area (Å²) in [5.74, 6) is 0. The van der Waals surface area contributed by atoms with Gasteiger partial charge >= 0.3 is 0 Å². The first-order valence-corrected chi connectivity index (χ1v) is 26.0. The lowest BCUT2D eigenvalue weighted by Crippen LogP contribution is -1.94. The molecule has 6 aromatic heterocycles. The molecule has 15 rings (SSSR count). The SMILES string of the molecule is c1ccc(-c2ccc3c(c2)c2cc(-c4ccccc4-c4ccccn4)ccc2n3-c2ccc3sc4ccc(-n5c6ccccc6c6cc(-c7ccccc7-c7ccccn7)ccc65)cc4c3c2)c(-c2ccccn2)c#1. The summed E-state index contributed by atoms with van der Waals surface area (Å²) in [6, 6.07) is 89.5. The van der Waals surface area contributed by atoms with E-state index in [2.05, 4.69) is 215 Å². The van der Waals surface area contributed by atoms with Crippen molar-refractivity contribution in [1.82, 2.24) is 24.1 Å². The molecule has 0 aliphatic heterocycles. The van der Waals surface area contributed by atoms with Crippen LogP contribution in [-0.2, 0) is 0 Å². The molecule has 348 valence electrons. The van der Waals surface area contributed by atoms with E-state index in [1.165, 1.54) is 47.4 Å². The summed E-state index contributed by atoms with van der Waals surface area (Å²) >= 11 is 1.85. The smallest absolute Gasteiger partial charge is 0.0792 e. The van der Waals surface area contributed by atoms with Gasteiger partial charge in [0, 0.05) is 88.4 Å². The van der Waals surface area contributed by atoms with Gasteiger partial charge in [0.2, 0.25) is 0 Å². The quantitative estimate of drug-likeness (QED) is 0.152. The summed E-state index contributed by atoms with van der Waals surface area (Å²) in [7, 11) is 0. The Morgan fingerprint density at radius 1 is 0.320 bits per heavy atom. The van der Waals surface area contributed by atoms with E-state index >= 15 is 0 Å². The van der Waals surface area contributed by atoms with Crippen LogP contribution in [0.2, 0.25) is 0 Å². The van der Waals surface area contributed by atoms with Gasteiger partial charge in [-0.05, 0) is 155 Å². The predicted octanol–water partition coefficient (Wildman–Crippen LogP) is 18.0. The van der Waals surface area contributed by atoms with Gasteiger partial charge in [-0.25, -0.2) is 0 Å². The van der Waals surface area contributed by atoms with E-state index in [0.29, 0.717) is 0 Å². The number of aromatic nitrogens is 5. The second-order valence-corrected chi connectivity index (χ2v) is 20.1. The van der Waals surface area contributed by atoms with E-state index in [1.807, 2.05) is 66.3 Å². The Kier molecular flexibility index (Phi) is 9.90. The van der Waals surface area contributed by atoms with Crippen molar-refractivity contribution in [3.05, 3.63) is 261 Å². The summed E-state index contributed by atoms with van der Waals surface area (Å²) in [6.07, 6.45) is 5.56. The van der Waals surface area contributed by atoms with Gasteiger partial charge in [0.25, 0.3) is 0 Å². The Labute approximate surface area is 436 Å². The molecule has 15 aromatic rings. The fourth-order valence-electron chi connectivity index (χ4n) is 11.4. The first-order valence-electron chi connectivity index (χ1n) is 25.1. The normalized spacial score (nSPS) is 11.6. The zero-order chi connectivity index (χ0) is 49.4. The minimum absolute atomic E-state index is 0.866. The van der Waals surface area contributed by atoms with Crippen molar-refractivity contribution < 1.29 is 0 Å². The van der Waals surface area contributed by atoms with Crippen LogP contribution in [0.3, 0.4) is 0 Å². The molecular weight excluding hydrogens is 931 g/mol. The highest BCUT2D eigenvalue weighted by Gasteiger charge is 2.20. The van der Waals surface area contributed by atoms with Crippen LogP contribution in [0.25, 0.3) is 142 Å². The molecular formula is C69H41N5S. The Balaban J connectivity index is 0.900. The standard InChI is InChI=1S/C69H41N5S/c1-4-18-52(61-22-9-12-36-70-61)49(15-1)44-26-31-65-56(39-44)55-21-7-8-25-64(55)73(65)47-29-34-68-59(42-47)60-43-48(30-35-69(60)75-68)74-66-32-27-45(50-16-2-5-19-53(50)62-23-10-13-37-71-62)40-57(66)58-41-46(28-33-67(58)74)51-17-3-6-20-54(51)63-24-11-14-38-72-63/h1-5,7-19,21-43H. The van der Waals surface area contributed by atoms with E-state index < -0.39 is 0 Å². The number of hydrogen-bond donors (Lipinski definition) is 0. The third-order valence-electron chi connectivity index (χ3n) is 14.8. The van der Waals surface area contributed by atoms with Crippen LogP contribution in [-0.4, -0.2) is 24.1 Å². The van der Waals surface area contributed by atoms with Crippen molar-refractivity contribution in [2.75, 3.05) is 0 Å². The van der Waals surface area contributed by atoms with Crippen LogP contribution < -0.4 is 0 Å². The molecule has 0 saturated heterocycles. The second kappa shape index (κ2) is 17.4. The highest BCUT2D eigenvalue weighted by Crippen LogP contribution is 2.44. The summed E-state index contributed by atoms with van der Waals surface area (Å²) in [4.78, 5) is 14.2. The summed E-state index contributed by atoms with van der Waals surface area (Å²) in [5.41, 5.74) is 19.5. The number of para-hydroxylation sites is 1. The van der Waals surface area contributed by atoms with E-state index in [0.717, 1.165) is 94.9 Å². The number of nitrogens with zero attached hydrogens (tertiary/aromatic N) is 5. The molecule has 6 heteroatoms. The van der Waals surface area contributed by atoms with Crippen LogP contribution in [0, 0.1) is 12.1 Å². The molecule has 0 aliphatic carbocycles. The number of benzene rings is 8. The molecule has 0 unspecified atom stereocenters. The largest absolute Gasteiger partial charge is 0.309 e. The highest BCUT2D eigenvalue weighted by atomic mass is 32.1. The Bertz CT molecular complexity index is 4560. The van der Waals surface area contributed by atoms with Gasteiger partial charge in [-0.1, -0.05) is 115 Å². The Morgan fingerprint density at radius 3 is 1.28 bits per heavy atom. The van der Waals surface area contributed by atoms with Gasteiger partial charge in [0.15, 0.2) is 0 Å². The fourth-order valence-corrected chi connectivity index (χ4v) is 12.5. The Morgan fingerprint density at radius 2 is 0.760 bits per heavy atom. The minimum Gasteiger partial charge on any atom is -0.309 e. The average molecular weight is 972 g/mol. The van der Waals surface area contributed by atoms with Crippen molar-refractivity contribution in [2.45, 2.75) is 0 Å². The molecule has 0 N–H and O–H groups in total. The van der Waals surface area contributed by atoms with Crippen LogP contribution in [0.4, 0.5) is 0 Å². The molecule has 5 nitrogen and oxygen atoms in total. The predicted molar refractivity (Wildman–Crippen MR) is 312 cm³/mol. The van der Waals surface area contributed by atoms with Crippen molar-refractivity contribution in [3.8, 4) is 78.5 Å². The molecule has 0 fully saturated rings. The van der Waals surface area contributed by atoms with Gasteiger partial charge in [-0.2, -0.15) is 0 Å². The van der Waals surface area contributed by atoms with Crippen molar-refractivity contribution in [2.24, 2.45) is 0 Å². The van der Waals surface area contributed by atoms with Gasteiger partial charge < -0.3 is 9.13 Å². The summed E-state index contributed by atoms with van der Waals surface area (Å²) < 4.78 is 7.38. The average Bonchev–Trinajstić information content (AvgIpc) is 4.14. The second-order valence-electron chi connectivity index (χ2n) is 19.0. The number of rotatable bonds is 8. The molecule has 9 aromatic carbocycles. The van der Waals surface area contributed by atoms with E-state index in [9.17, 15) is 0 Å². The molecule has 0 saturated carbocycles. The highest BCUT2D eigenvalue weighted by molar-refractivity contribution is 7.25. The van der Waals surface area contributed by atoms with Crippen LogP contribution in [0.5, 0.6) is 0 Å². The summed E-state index contributed by atoms with van der Waals surface area (Å²) in [6.45, 7) is 0. The molecule has 0 amide bonds. The molecule has 0 bridgehead atoms. The maximum atomic E-state index is 4.77. The zero-order valence-electron chi connectivity index (χ0n) is 40.3. The number of thiophene rings is 1. The molecule has 0 spiro atoms. The zero-order valence-corrected chi connectivity index (χ0v) is 41.1. The van der Waals surface area contributed by atoms with Gasteiger partial charge in [0.05, 0.1) is 44.7 Å². The van der Waals surface area contributed by atoms with E-state index in [-0.39, 0.29) is 0 Å². The number of hydrogen-bond acceptors (Lipinski definition) is 4. The van der Waals surface area contributed by atoms with Crippen molar-refractivity contribution >= 4 is 75.1 Å². The number of fused-ring (bicyclic) bond motifs is 9. The number of pyridine rings is 3. The van der Waals surface area contributed by atoms with Crippen LogP contribution >= 0.6 is 11.3 Å². The molecule has 0 aliphatic rings. The first-order chi connectivity index (χ1) is 37.2. The van der Waals surface area contributed by atoms with Gasteiger partial charge in [-0.3, -0.25) is 15.0 Å². The lowest BCUT2D eigenvalue weighted by atomic mass is 9.95. The molecule has 6 heterocycles. The van der Waals surface area contributed by atoms with Crippen LogP contribution in [0.1, 0.15) is 0 Å². The van der Waals surface area contributed by atoms with Gasteiger partial charge in [-0.15, -0.1) is 11.3 Å². The van der Waals surface area contributed by atoms with Gasteiger partial charge in [0.1, 0.15) is 0 Å². The van der Waals surface area contributed by atoms with E-state index in [1.54, 1.807) is 0 Å². The minimum atomic E-state index is 0.866. The first kappa shape index (κ1) is 42.7. The fraction of sp³-hybridized carbons (Fsp3) is 0. The molecule has 0 radical (unpaired) electrons. The molecule has 75 heavy (non-hydrogen) atoms. The third-order valence-corrected chi connectivity index (χ3v) is 15.9. The third kappa shape index (κ3) is 7.05.